The predicted octanol–water partition coefficient (Wildman–Crippen LogP) is 3.07. The molecule has 2 rings (SSSR count). The number of hydrogen-bond acceptors (Lipinski definition) is 4. The summed E-state index contributed by atoms with van der Waals surface area (Å²) in [5.41, 5.74) is 2.88. The van der Waals surface area contributed by atoms with E-state index in [2.05, 4.69) is 10.1 Å². The Kier molecular flexibility index (Phi) is 4.39. The van der Waals surface area contributed by atoms with Crippen molar-refractivity contribution >= 4 is 0 Å². The highest BCUT2D eigenvalue weighted by molar-refractivity contribution is 5.29. The van der Waals surface area contributed by atoms with Crippen LogP contribution in [0.5, 0.6) is 5.75 Å². The molecule has 1 heterocycles. The first-order chi connectivity index (χ1) is 9.51. The van der Waals surface area contributed by atoms with Crippen LogP contribution in [0.2, 0.25) is 0 Å². The van der Waals surface area contributed by atoms with Crippen molar-refractivity contribution < 1.29 is 13.7 Å². The Labute approximate surface area is 118 Å². The van der Waals surface area contributed by atoms with Gasteiger partial charge in [0.15, 0.2) is 11.6 Å². The van der Waals surface area contributed by atoms with Crippen molar-refractivity contribution in [3.05, 3.63) is 46.6 Å². The lowest BCUT2D eigenvalue weighted by atomic mass is 10.1. The molecule has 0 aliphatic rings. The zero-order chi connectivity index (χ0) is 14.7. The van der Waals surface area contributed by atoms with Crippen LogP contribution in [0.4, 0.5) is 4.39 Å². The van der Waals surface area contributed by atoms with Gasteiger partial charge in [-0.1, -0.05) is 11.2 Å². The van der Waals surface area contributed by atoms with Gasteiger partial charge in [0.05, 0.1) is 12.8 Å². The molecule has 1 aromatic carbocycles. The molecule has 0 atom stereocenters. The molecule has 0 radical (unpaired) electrons. The molecule has 108 valence electrons. The maximum atomic E-state index is 13.6. The normalized spacial score (nSPS) is 11.1. The van der Waals surface area contributed by atoms with Crippen LogP contribution in [0.3, 0.4) is 0 Å². The Morgan fingerprint density at radius 1 is 1.30 bits per heavy atom. The molecule has 0 spiro atoms. The molecule has 0 aliphatic carbocycles. The average molecular weight is 278 g/mol. The van der Waals surface area contributed by atoms with Gasteiger partial charge in [-0.25, -0.2) is 4.39 Å². The molecule has 0 saturated heterocycles. The zero-order valence-electron chi connectivity index (χ0n) is 12.2. The summed E-state index contributed by atoms with van der Waals surface area (Å²) in [5.74, 6) is 0.758. The number of ether oxygens (including phenoxy) is 1. The minimum atomic E-state index is -0.337. The third-order valence-electron chi connectivity index (χ3n) is 3.28. The molecule has 0 amide bonds. The second-order valence-corrected chi connectivity index (χ2v) is 4.94. The lowest BCUT2D eigenvalue weighted by Crippen LogP contribution is -2.18. The second kappa shape index (κ2) is 6.05. The fourth-order valence-corrected chi connectivity index (χ4v) is 2.17. The van der Waals surface area contributed by atoms with Crippen LogP contribution >= 0.6 is 0 Å². The number of methoxy groups -OCH3 is 1. The van der Waals surface area contributed by atoms with E-state index in [-0.39, 0.29) is 11.6 Å². The van der Waals surface area contributed by atoms with E-state index in [1.165, 1.54) is 13.2 Å². The Balaban J connectivity index is 2.05. The molecule has 4 nitrogen and oxygen atoms in total. The molecule has 0 aliphatic heterocycles. The number of hydrogen-bond donors (Lipinski definition) is 0. The molecule has 2 aromatic rings. The number of halogens is 1. The first-order valence-corrected chi connectivity index (χ1v) is 6.44. The number of aromatic nitrogens is 1. The summed E-state index contributed by atoms with van der Waals surface area (Å²) in [6, 6.07) is 5.02. The zero-order valence-corrected chi connectivity index (χ0v) is 12.2. The second-order valence-electron chi connectivity index (χ2n) is 4.94. The summed E-state index contributed by atoms with van der Waals surface area (Å²) in [6.45, 7) is 5.18. The van der Waals surface area contributed by atoms with Crippen LogP contribution in [0.1, 0.15) is 22.6 Å². The molecule has 0 N–H and O–H groups in total. The average Bonchev–Trinajstić information content (AvgIpc) is 2.71. The van der Waals surface area contributed by atoms with Crippen LogP contribution in [0.15, 0.2) is 22.7 Å². The molecule has 0 saturated carbocycles. The van der Waals surface area contributed by atoms with Crippen LogP contribution < -0.4 is 4.74 Å². The fraction of sp³-hybridized carbons (Fsp3) is 0.400. The molecule has 0 unspecified atom stereocenters. The summed E-state index contributed by atoms with van der Waals surface area (Å²) in [4.78, 5) is 2.09. The molecule has 0 bridgehead atoms. The maximum Gasteiger partial charge on any atom is 0.165 e. The highest BCUT2D eigenvalue weighted by atomic mass is 19.1. The van der Waals surface area contributed by atoms with Gasteiger partial charge < -0.3 is 9.26 Å². The van der Waals surface area contributed by atoms with Gasteiger partial charge in [0.1, 0.15) is 5.76 Å². The minimum Gasteiger partial charge on any atom is -0.494 e. The van der Waals surface area contributed by atoms with Gasteiger partial charge in [-0.3, -0.25) is 4.90 Å². The van der Waals surface area contributed by atoms with E-state index in [4.69, 9.17) is 9.26 Å². The SMILES string of the molecule is COc1ccc(CN(C)Cc2c(C)noc2C)cc1F. The predicted molar refractivity (Wildman–Crippen MR) is 74.1 cm³/mol. The Hall–Kier alpha value is -1.88. The largest absolute Gasteiger partial charge is 0.494 e. The van der Waals surface area contributed by atoms with E-state index < -0.39 is 0 Å². The van der Waals surface area contributed by atoms with Crippen LogP contribution in [-0.2, 0) is 13.1 Å². The van der Waals surface area contributed by atoms with E-state index >= 15 is 0 Å². The number of aryl methyl sites for hydroxylation is 2. The van der Waals surface area contributed by atoms with Crippen molar-refractivity contribution in [1.82, 2.24) is 10.1 Å². The number of nitrogens with zero attached hydrogens (tertiary/aromatic N) is 2. The molecule has 0 fully saturated rings. The standard InChI is InChI=1S/C15H19FN2O2/c1-10-13(11(2)20-17-10)9-18(3)8-12-5-6-15(19-4)14(16)7-12/h5-7H,8-9H2,1-4H3. The number of benzene rings is 1. The molecule has 5 heteroatoms. The van der Waals surface area contributed by atoms with Gasteiger partial charge in [-0.15, -0.1) is 0 Å². The van der Waals surface area contributed by atoms with Gasteiger partial charge in [0.25, 0.3) is 0 Å². The van der Waals surface area contributed by atoms with E-state index in [0.29, 0.717) is 6.54 Å². The number of rotatable bonds is 5. The van der Waals surface area contributed by atoms with Crippen molar-refractivity contribution in [3.63, 3.8) is 0 Å². The Morgan fingerprint density at radius 3 is 2.60 bits per heavy atom. The fourth-order valence-electron chi connectivity index (χ4n) is 2.17. The van der Waals surface area contributed by atoms with Gasteiger partial charge in [-0.2, -0.15) is 0 Å². The third kappa shape index (κ3) is 3.17. The summed E-state index contributed by atoms with van der Waals surface area (Å²) >= 11 is 0. The molecular formula is C15H19FN2O2. The first-order valence-electron chi connectivity index (χ1n) is 6.44. The minimum absolute atomic E-state index is 0.266. The molecular weight excluding hydrogens is 259 g/mol. The molecule has 20 heavy (non-hydrogen) atoms. The van der Waals surface area contributed by atoms with Crippen molar-refractivity contribution in [1.29, 1.82) is 0 Å². The maximum absolute atomic E-state index is 13.6. The van der Waals surface area contributed by atoms with Crippen molar-refractivity contribution in [2.45, 2.75) is 26.9 Å². The summed E-state index contributed by atoms with van der Waals surface area (Å²) in [7, 11) is 3.44. The van der Waals surface area contributed by atoms with Crippen LogP contribution in [0.25, 0.3) is 0 Å². The van der Waals surface area contributed by atoms with Crippen LogP contribution in [-0.4, -0.2) is 24.2 Å². The first kappa shape index (κ1) is 14.5. The van der Waals surface area contributed by atoms with E-state index in [1.807, 2.05) is 27.0 Å². The lowest BCUT2D eigenvalue weighted by molar-refractivity contribution is 0.313. The molecule has 1 aromatic heterocycles. The van der Waals surface area contributed by atoms with E-state index in [0.717, 1.165) is 29.1 Å². The van der Waals surface area contributed by atoms with Crippen molar-refractivity contribution in [2.75, 3.05) is 14.2 Å². The summed E-state index contributed by atoms with van der Waals surface area (Å²) in [5, 5.41) is 3.93. The van der Waals surface area contributed by atoms with E-state index in [1.54, 1.807) is 6.07 Å². The highest BCUT2D eigenvalue weighted by Gasteiger charge is 2.12. The van der Waals surface area contributed by atoms with Crippen molar-refractivity contribution in [3.8, 4) is 5.75 Å². The van der Waals surface area contributed by atoms with E-state index in [9.17, 15) is 4.39 Å². The lowest BCUT2D eigenvalue weighted by Gasteiger charge is -2.17. The van der Waals surface area contributed by atoms with Crippen LogP contribution in [0, 0.1) is 19.7 Å². The van der Waals surface area contributed by atoms with Gasteiger partial charge in [0, 0.05) is 18.7 Å². The summed E-state index contributed by atoms with van der Waals surface area (Å²) < 4.78 is 23.7. The van der Waals surface area contributed by atoms with Gasteiger partial charge in [0.2, 0.25) is 0 Å². The van der Waals surface area contributed by atoms with Gasteiger partial charge >= 0.3 is 0 Å². The topological polar surface area (TPSA) is 38.5 Å². The monoisotopic (exact) mass is 278 g/mol. The highest BCUT2D eigenvalue weighted by Crippen LogP contribution is 2.20. The third-order valence-corrected chi connectivity index (χ3v) is 3.28. The quantitative estimate of drug-likeness (QED) is 0.842. The Bertz CT molecular complexity index is 576. The van der Waals surface area contributed by atoms with Gasteiger partial charge in [-0.05, 0) is 38.6 Å². The summed E-state index contributed by atoms with van der Waals surface area (Å²) in [6.07, 6.45) is 0. The van der Waals surface area contributed by atoms with Crippen molar-refractivity contribution in [2.24, 2.45) is 0 Å². The smallest absolute Gasteiger partial charge is 0.165 e. The Morgan fingerprint density at radius 2 is 2.05 bits per heavy atom.